The van der Waals surface area contributed by atoms with Crippen LogP contribution in [0, 0.1) is 17.0 Å². The average molecular weight is 358 g/mol. The second-order valence-electron chi connectivity index (χ2n) is 5.38. The summed E-state index contributed by atoms with van der Waals surface area (Å²) >= 11 is 6.22. The molecule has 0 spiro atoms. The number of halogens is 1. The highest BCUT2D eigenvalue weighted by Gasteiger charge is 2.15. The van der Waals surface area contributed by atoms with Gasteiger partial charge in [0.05, 0.1) is 26.4 Å². The lowest BCUT2D eigenvalue weighted by Gasteiger charge is -2.05. The molecule has 0 fully saturated rings. The van der Waals surface area contributed by atoms with Gasteiger partial charge in [0.25, 0.3) is 11.2 Å². The minimum atomic E-state index is -0.587. The van der Waals surface area contributed by atoms with Crippen molar-refractivity contribution in [1.29, 1.82) is 0 Å². The van der Waals surface area contributed by atoms with Crippen LogP contribution in [-0.4, -0.2) is 20.0 Å². The first-order valence-corrected chi connectivity index (χ1v) is 7.59. The molecule has 0 atom stereocenters. The van der Waals surface area contributed by atoms with Crippen molar-refractivity contribution in [3.8, 4) is 5.75 Å². The fraction of sp³-hybridized carbons (Fsp3) is 0.0588. The number of para-hydroxylation sites is 1. The lowest BCUT2D eigenvalue weighted by atomic mass is 10.1. The maximum atomic E-state index is 12.2. The third-order valence-electron chi connectivity index (χ3n) is 3.65. The van der Waals surface area contributed by atoms with Gasteiger partial charge in [-0.3, -0.25) is 14.9 Å². The number of fused-ring (bicyclic) bond motifs is 1. The molecule has 1 heterocycles. The van der Waals surface area contributed by atoms with Crippen LogP contribution < -0.4 is 5.56 Å². The largest absolute Gasteiger partial charge is 0.508 e. The number of hydrogen-bond acceptors (Lipinski definition) is 5. The molecular weight excluding hydrogens is 346 g/mol. The molecule has 0 aliphatic carbocycles. The lowest BCUT2D eigenvalue weighted by molar-refractivity contribution is -0.385. The maximum absolute atomic E-state index is 12.2. The number of nitrogens with zero attached hydrogens (tertiary/aromatic N) is 2. The molecule has 2 aromatic carbocycles. The van der Waals surface area contributed by atoms with E-state index < -0.39 is 4.92 Å². The van der Waals surface area contributed by atoms with Crippen molar-refractivity contribution in [3.05, 3.63) is 73.8 Å². The van der Waals surface area contributed by atoms with Gasteiger partial charge in [0.1, 0.15) is 5.75 Å². The van der Waals surface area contributed by atoms with E-state index in [-0.39, 0.29) is 33.4 Å². The van der Waals surface area contributed by atoms with Crippen LogP contribution in [0.15, 0.2) is 41.2 Å². The Hall–Kier alpha value is -3.19. The predicted octanol–water partition coefficient (Wildman–Crippen LogP) is 3.58. The lowest BCUT2D eigenvalue weighted by Crippen LogP contribution is -2.11. The standard InChI is InChI=1S/C17H12ClN3O4/c1-9-3-2-4-12-15(9)19-16(20-17(12)23)13(18)8-10-7-11(22)5-6-14(10)21(24)25/h2-8,22H,1H3,(H,19,20,23). The minimum Gasteiger partial charge on any atom is -0.508 e. The Kier molecular flexibility index (Phi) is 4.24. The van der Waals surface area contributed by atoms with Crippen LogP contribution in [0.5, 0.6) is 5.75 Å². The zero-order valence-corrected chi connectivity index (χ0v) is 13.7. The van der Waals surface area contributed by atoms with Crippen molar-refractivity contribution in [2.24, 2.45) is 0 Å². The van der Waals surface area contributed by atoms with E-state index in [0.717, 1.165) is 5.56 Å². The van der Waals surface area contributed by atoms with E-state index in [2.05, 4.69) is 9.97 Å². The van der Waals surface area contributed by atoms with E-state index in [9.17, 15) is 20.0 Å². The average Bonchev–Trinajstić information content (AvgIpc) is 2.55. The number of aromatic amines is 1. The molecule has 0 saturated heterocycles. The van der Waals surface area contributed by atoms with Crippen LogP contribution in [-0.2, 0) is 0 Å². The smallest absolute Gasteiger partial charge is 0.276 e. The third kappa shape index (κ3) is 3.22. The molecule has 0 saturated carbocycles. The van der Waals surface area contributed by atoms with Crippen LogP contribution in [0.3, 0.4) is 0 Å². The Bertz CT molecular complexity index is 1090. The summed E-state index contributed by atoms with van der Waals surface area (Å²) in [5.41, 5.74) is 0.814. The zero-order valence-electron chi connectivity index (χ0n) is 13.0. The van der Waals surface area contributed by atoms with Gasteiger partial charge in [0.15, 0.2) is 5.82 Å². The SMILES string of the molecule is Cc1cccc2c(=O)[nH]c(C(Cl)=Cc3cc(O)ccc3[N+](=O)[O-])nc12. The number of nitrogens with one attached hydrogen (secondary N) is 1. The summed E-state index contributed by atoms with van der Waals surface area (Å²) in [6.45, 7) is 1.82. The topological polar surface area (TPSA) is 109 Å². The molecule has 25 heavy (non-hydrogen) atoms. The molecule has 7 nitrogen and oxygen atoms in total. The molecule has 0 unspecified atom stereocenters. The van der Waals surface area contributed by atoms with Crippen LogP contribution in [0.2, 0.25) is 0 Å². The van der Waals surface area contributed by atoms with Crippen molar-refractivity contribution in [3.63, 3.8) is 0 Å². The van der Waals surface area contributed by atoms with Crippen molar-refractivity contribution in [1.82, 2.24) is 9.97 Å². The molecule has 0 bridgehead atoms. The number of phenolic OH excluding ortho intramolecular Hbond substituents is 1. The quantitative estimate of drug-likeness (QED) is 0.550. The summed E-state index contributed by atoms with van der Waals surface area (Å²) in [5.74, 6) is -0.0526. The van der Waals surface area contributed by atoms with E-state index in [1.165, 1.54) is 24.3 Å². The highest BCUT2D eigenvalue weighted by molar-refractivity contribution is 6.50. The molecule has 126 valence electrons. The van der Waals surface area contributed by atoms with Gasteiger partial charge in [-0.15, -0.1) is 0 Å². The molecule has 3 rings (SSSR count). The van der Waals surface area contributed by atoms with Gasteiger partial charge in [-0.2, -0.15) is 0 Å². The second kappa shape index (κ2) is 6.37. The Balaban J connectivity index is 2.18. The Morgan fingerprint density at radius 2 is 2.12 bits per heavy atom. The van der Waals surface area contributed by atoms with Gasteiger partial charge in [-0.05, 0) is 36.8 Å². The Morgan fingerprint density at radius 3 is 2.84 bits per heavy atom. The Morgan fingerprint density at radius 1 is 1.36 bits per heavy atom. The number of aromatic nitrogens is 2. The first-order chi connectivity index (χ1) is 11.9. The summed E-state index contributed by atoms with van der Waals surface area (Å²) in [6.07, 6.45) is 1.28. The number of nitro groups is 1. The molecule has 0 aliphatic rings. The summed E-state index contributed by atoms with van der Waals surface area (Å²) in [7, 11) is 0. The number of nitro benzene ring substituents is 1. The summed E-state index contributed by atoms with van der Waals surface area (Å²) in [6, 6.07) is 8.81. The summed E-state index contributed by atoms with van der Waals surface area (Å²) in [5, 5.41) is 21.1. The van der Waals surface area contributed by atoms with Gasteiger partial charge >= 0.3 is 0 Å². The van der Waals surface area contributed by atoms with Crippen LogP contribution in [0.25, 0.3) is 22.0 Å². The first-order valence-electron chi connectivity index (χ1n) is 7.21. The fourth-order valence-corrected chi connectivity index (χ4v) is 2.65. The monoisotopic (exact) mass is 357 g/mol. The van der Waals surface area contributed by atoms with Crippen LogP contribution in [0.4, 0.5) is 5.69 Å². The predicted molar refractivity (Wildman–Crippen MR) is 95.6 cm³/mol. The highest BCUT2D eigenvalue weighted by Crippen LogP contribution is 2.28. The minimum absolute atomic E-state index is 0.0101. The number of phenols is 1. The Labute approximate surface area is 146 Å². The maximum Gasteiger partial charge on any atom is 0.276 e. The van der Waals surface area contributed by atoms with Gasteiger partial charge in [-0.1, -0.05) is 23.7 Å². The second-order valence-corrected chi connectivity index (χ2v) is 5.79. The number of aryl methyl sites for hydroxylation is 1. The van der Waals surface area contributed by atoms with E-state index >= 15 is 0 Å². The van der Waals surface area contributed by atoms with Gasteiger partial charge in [0.2, 0.25) is 0 Å². The molecule has 1 aromatic heterocycles. The molecule has 2 N–H and O–H groups in total. The zero-order chi connectivity index (χ0) is 18.1. The van der Waals surface area contributed by atoms with E-state index in [0.29, 0.717) is 10.9 Å². The summed E-state index contributed by atoms with van der Waals surface area (Å²) < 4.78 is 0. The third-order valence-corrected chi connectivity index (χ3v) is 3.94. The van der Waals surface area contributed by atoms with Crippen molar-refractivity contribution < 1.29 is 10.0 Å². The molecule has 3 aromatic rings. The fourth-order valence-electron chi connectivity index (χ4n) is 2.45. The van der Waals surface area contributed by atoms with Gasteiger partial charge in [0, 0.05) is 6.07 Å². The van der Waals surface area contributed by atoms with E-state index in [1.54, 1.807) is 12.1 Å². The van der Waals surface area contributed by atoms with Crippen LogP contribution >= 0.6 is 11.6 Å². The van der Waals surface area contributed by atoms with Crippen molar-refractivity contribution in [2.75, 3.05) is 0 Å². The number of benzene rings is 2. The molecule has 0 amide bonds. The molecule has 0 aliphatic heterocycles. The van der Waals surface area contributed by atoms with Gasteiger partial charge < -0.3 is 10.1 Å². The van der Waals surface area contributed by atoms with Gasteiger partial charge in [-0.25, -0.2) is 4.98 Å². The van der Waals surface area contributed by atoms with Crippen molar-refractivity contribution >= 4 is 39.3 Å². The number of aromatic hydroxyl groups is 1. The molecule has 0 radical (unpaired) electrons. The van der Waals surface area contributed by atoms with E-state index in [4.69, 9.17) is 11.6 Å². The number of rotatable bonds is 3. The first kappa shape index (κ1) is 16.7. The number of H-pyrrole nitrogens is 1. The van der Waals surface area contributed by atoms with E-state index in [1.807, 2.05) is 13.0 Å². The van der Waals surface area contributed by atoms with Crippen molar-refractivity contribution in [2.45, 2.75) is 6.92 Å². The molecular formula is C17H12ClN3O4. The highest BCUT2D eigenvalue weighted by atomic mass is 35.5. The number of hydrogen-bond donors (Lipinski definition) is 2. The molecule has 8 heteroatoms. The normalized spacial score (nSPS) is 11.7. The van der Waals surface area contributed by atoms with Crippen LogP contribution in [0.1, 0.15) is 17.0 Å². The summed E-state index contributed by atoms with van der Waals surface area (Å²) in [4.78, 5) is 29.6.